The lowest BCUT2D eigenvalue weighted by Gasteiger charge is -2.13. The van der Waals surface area contributed by atoms with Gasteiger partial charge < -0.3 is 10.2 Å². The maximum Gasteiger partial charge on any atom is 0.320 e. The average Bonchev–Trinajstić information content (AvgIpc) is 2.30. The molecular weight excluding hydrogens is 146 g/mol. The summed E-state index contributed by atoms with van der Waals surface area (Å²) in [7, 11) is 1.77. The molecule has 0 aromatic carbocycles. The van der Waals surface area contributed by atoms with E-state index in [4.69, 9.17) is 10.2 Å². The molecule has 0 unspecified atom stereocenters. The molecule has 4 nitrogen and oxygen atoms in total. The minimum absolute atomic E-state index is 0.0914. The van der Waals surface area contributed by atoms with Crippen molar-refractivity contribution in [2.24, 2.45) is 5.92 Å². The first kappa shape index (κ1) is 8.49. The molecular formula is C7H13NO3. The number of hydrogen-bond acceptors (Lipinski definition) is 3. The van der Waals surface area contributed by atoms with Gasteiger partial charge in [0, 0.05) is 13.2 Å². The van der Waals surface area contributed by atoms with Crippen LogP contribution >= 0.6 is 0 Å². The van der Waals surface area contributed by atoms with Gasteiger partial charge in [-0.25, -0.2) is 0 Å². The van der Waals surface area contributed by atoms with E-state index in [9.17, 15) is 4.79 Å². The predicted octanol–water partition coefficient (Wildman–Crippen LogP) is -0.616. The van der Waals surface area contributed by atoms with Crippen molar-refractivity contribution in [1.29, 1.82) is 0 Å². The van der Waals surface area contributed by atoms with Crippen LogP contribution in [0, 0.1) is 5.92 Å². The number of aliphatic hydroxyl groups excluding tert-OH is 1. The largest absolute Gasteiger partial charge is 0.480 e. The van der Waals surface area contributed by atoms with Crippen molar-refractivity contribution < 1.29 is 15.0 Å². The minimum Gasteiger partial charge on any atom is -0.480 e. The zero-order valence-corrected chi connectivity index (χ0v) is 6.53. The summed E-state index contributed by atoms with van der Waals surface area (Å²) >= 11 is 0. The fourth-order valence-electron chi connectivity index (χ4n) is 1.53. The van der Waals surface area contributed by atoms with Crippen LogP contribution in [0.3, 0.4) is 0 Å². The fourth-order valence-corrected chi connectivity index (χ4v) is 1.53. The van der Waals surface area contributed by atoms with Crippen LogP contribution in [-0.4, -0.2) is 47.3 Å². The smallest absolute Gasteiger partial charge is 0.320 e. The highest BCUT2D eigenvalue weighted by Gasteiger charge is 2.33. The number of aliphatic hydroxyl groups is 1. The summed E-state index contributed by atoms with van der Waals surface area (Å²) in [5.74, 6) is -0.649. The van der Waals surface area contributed by atoms with E-state index in [0.717, 1.165) is 0 Å². The van der Waals surface area contributed by atoms with Crippen molar-refractivity contribution in [1.82, 2.24) is 4.90 Å². The molecule has 0 saturated carbocycles. The van der Waals surface area contributed by atoms with E-state index in [-0.39, 0.29) is 12.5 Å². The summed E-state index contributed by atoms with van der Waals surface area (Å²) in [6, 6.07) is -0.396. The van der Waals surface area contributed by atoms with Crippen molar-refractivity contribution >= 4 is 5.97 Å². The lowest BCUT2D eigenvalue weighted by atomic mass is 10.1. The molecule has 4 heteroatoms. The second-order valence-electron chi connectivity index (χ2n) is 3.08. The number of carboxylic acids is 1. The SMILES string of the molecule is CN1C[C@@H](CO)C[C@H]1C(=O)O. The van der Waals surface area contributed by atoms with Crippen LogP contribution in [0.1, 0.15) is 6.42 Å². The lowest BCUT2D eigenvalue weighted by molar-refractivity contribution is -0.141. The Labute approximate surface area is 65.4 Å². The molecule has 2 atom stereocenters. The number of likely N-dealkylation sites (N-methyl/N-ethyl adjacent to an activating group) is 1. The molecule has 0 aromatic heterocycles. The molecule has 1 heterocycles. The zero-order valence-electron chi connectivity index (χ0n) is 6.53. The first-order chi connectivity index (χ1) is 5.15. The van der Waals surface area contributed by atoms with Crippen LogP contribution in [0.25, 0.3) is 0 Å². The van der Waals surface area contributed by atoms with Gasteiger partial charge in [-0.05, 0) is 19.4 Å². The van der Waals surface area contributed by atoms with Gasteiger partial charge in [-0.3, -0.25) is 9.69 Å². The topological polar surface area (TPSA) is 60.8 Å². The van der Waals surface area contributed by atoms with Gasteiger partial charge in [-0.15, -0.1) is 0 Å². The Morgan fingerprint density at radius 2 is 2.36 bits per heavy atom. The van der Waals surface area contributed by atoms with Crippen LogP contribution in [-0.2, 0) is 4.79 Å². The maximum absolute atomic E-state index is 10.6. The highest BCUT2D eigenvalue weighted by atomic mass is 16.4. The third kappa shape index (κ3) is 1.70. The average molecular weight is 159 g/mol. The van der Waals surface area contributed by atoms with Gasteiger partial charge >= 0.3 is 5.97 Å². The van der Waals surface area contributed by atoms with E-state index in [0.29, 0.717) is 13.0 Å². The third-order valence-electron chi connectivity index (χ3n) is 2.18. The Morgan fingerprint density at radius 1 is 1.73 bits per heavy atom. The molecule has 0 spiro atoms. The number of nitrogens with zero attached hydrogens (tertiary/aromatic N) is 1. The zero-order chi connectivity index (χ0) is 8.43. The van der Waals surface area contributed by atoms with Crippen molar-refractivity contribution in [3.63, 3.8) is 0 Å². The van der Waals surface area contributed by atoms with Crippen LogP contribution in [0.2, 0.25) is 0 Å². The first-order valence-corrected chi connectivity index (χ1v) is 3.69. The molecule has 2 N–H and O–H groups in total. The standard InChI is InChI=1S/C7H13NO3/c1-8-3-5(4-9)2-6(8)7(10)11/h5-6,9H,2-4H2,1H3,(H,10,11)/t5-,6-/m0/s1. The highest BCUT2D eigenvalue weighted by Crippen LogP contribution is 2.20. The van der Waals surface area contributed by atoms with E-state index in [2.05, 4.69) is 0 Å². The van der Waals surface area contributed by atoms with Gasteiger partial charge in [0.2, 0.25) is 0 Å². The van der Waals surface area contributed by atoms with Crippen LogP contribution in [0.15, 0.2) is 0 Å². The molecule has 0 aromatic rings. The molecule has 0 aliphatic carbocycles. The van der Waals surface area contributed by atoms with Crippen LogP contribution in [0.5, 0.6) is 0 Å². The van der Waals surface area contributed by atoms with Gasteiger partial charge in [0.1, 0.15) is 6.04 Å². The Balaban J connectivity index is 2.51. The van der Waals surface area contributed by atoms with Crippen LogP contribution < -0.4 is 0 Å². The Kier molecular flexibility index (Phi) is 2.46. The van der Waals surface area contributed by atoms with E-state index in [1.165, 1.54) is 0 Å². The maximum atomic E-state index is 10.6. The molecule has 1 rings (SSSR count). The number of rotatable bonds is 2. The van der Waals surface area contributed by atoms with E-state index in [1.807, 2.05) is 0 Å². The number of hydrogen-bond donors (Lipinski definition) is 2. The van der Waals surface area contributed by atoms with E-state index in [1.54, 1.807) is 11.9 Å². The second-order valence-corrected chi connectivity index (χ2v) is 3.08. The normalized spacial score (nSPS) is 32.5. The van der Waals surface area contributed by atoms with Crippen molar-refractivity contribution in [2.45, 2.75) is 12.5 Å². The molecule has 11 heavy (non-hydrogen) atoms. The summed E-state index contributed by atoms with van der Waals surface area (Å²) < 4.78 is 0. The van der Waals surface area contributed by atoms with Gasteiger partial charge in [0.05, 0.1) is 0 Å². The lowest BCUT2D eigenvalue weighted by Crippen LogP contribution is -2.32. The molecule has 1 aliphatic heterocycles. The van der Waals surface area contributed by atoms with Crippen LogP contribution in [0.4, 0.5) is 0 Å². The monoisotopic (exact) mass is 159 g/mol. The first-order valence-electron chi connectivity index (χ1n) is 3.69. The predicted molar refractivity (Wildman–Crippen MR) is 39.2 cm³/mol. The van der Waals surface area contributed by atoms with Gasteiger partial charge in [-0.1, -0.05) is 0 Å². The summed E-state index contributed by atoms with van der Waals surface area (Å²) in [6.07, 6.45) is 0.572. The molecule has 1 saturated heterocycles. The number of carbonyl (C=O) groups is 1. The van der Waals surface area contributed by atoms with Gasteiger partial charge in [0.25, 0.3) is 0 Å². The summed E-state index contributed by atoms with van der Waals surface area (Å²) in [6.45, 7) is 0.779. The molecule has 64 valence electrons. The Hall–Kier alpha value is -0.610. The van der Waals surface area contributed by atoms with Crippen molar-refractivity contribution in [3.8, 4) is 0 Å². The summed E-state index contributed by atoms with van der Waals surface area (Å²) in [5, 5.41) is 17.4. The quantitative estimate of drug-likeness (QED) is 0.564. The van der Waals surface area contributed by atoms with E-state index < -0.39 is 12.0 Å². The second kappa shape index (κ2) is 3.19. The Bertz CT molecular complexity index is 160. The van der Waals surface area contributed by atoms with Crippen molar-refractivity contribution in [3.05, 3.63) is 0 Å². The van der Waals surface area contributed by atoms with Crippen molar-refractivity contribution in [2.75, 3.05) is 20.2 Å². The molecule has 0 radical (unpaired) electrons. The number of aliphatic carboxylic acids is 1. The number of likely N-dealkylation sites (tertiary alicyclic amines) is 1. The third-order valence-corrected chi connectivity index (χ3v) is 2.18. The minimum atomic E-state index is -0.788. The Morgan fingerprint density at radius 3 is 2.64 bits per heavy atom. The summed E-state index contributed by atoms with van der Waals surface area (Å²) in [5.41, 5.74) is 0. The van der Waals surface area contributed by atoms with E-state index >= 15 is 0 Å². The van der Waals surface area contributed by atoms with Gasteiger partial charge in [0.15, 0.2) is 0 Å². The summed E-state index contributed by atoms with van der Waals surface area (Å²) in [4.78, 5) is 12.3. The fraction of sp³-hybridized carbons (Fsp3) is 0.857. The molecule has 0 amide bonds. The highest BCUT2D eigenvalue weighted by molar-refractivity contribution is 5.73. The molecule has 1 fully saturated rings. The number of carboxylic acid groups (broad SMARTS) is 1. The van der Waals surface area contributed by atoms with Gasteiger partial charge in [-0.2, -0.15) is 0 Å². The molecule has 0 bridgehead atoms. The molecule has 1 aliphatic rings.